The molecule has 2 amide bonds. The van der Waals surface area contributed by atoms with E-state index < -0.39 is 21.5 Å². The first-order valence-corrected chi connectivity index (χ1v) is 19.8. The lowest BCUT2D eigenvalue weighted by atomic mass is 9.81. The molecular formula is C41H50N4O5S. The Morgan fingerprint density at radius 2 is 1.55 bits per heavy atom. The number of hydrogen-bond donors (Lipinski definition) is 1. The monoisotopic (exact) mass is 710 g/mol. The van der Waals surface area contributed by atoms with E-state index in [0.717, 1.165) is 96.7 Å². The van der Waals surface area contributed by atoms with Crippen molar-refractivity contribution in [3.05, 3.63) is 89.0 Å². The normalized spacial score (nSPS) is 18.3. The van der Waals surface area contributed by atoms with Crippen molar-refractivity contribution in [1.29, 1.82) is 0 Å². The van der Waals surface area contributed by atoms with Gasteiger partial charge in [-0.2, -0.15) is 12.7 Å². The van der Waals surface area contributed by atoms with Crippen LogP contribution in [0.15, 0.2) is 66.7 Å². The lowest BCUT2D eigenvalue weighted by Crippen LogP contribution is -2.43. The van der Waals surface area contributed by atoms with E-state index in [-0.39, 0.29) is 11.5 Å². The van der Waals surface area contributed by atoms with E-state index in [1.165, 1.54) is 37.2 Å². The van der Waals surface area contributed by atoms with Crippen LogP contribution in [0.5, 0.6) is 5.75 Å². The number of nitrogens with zero attached hydrogens (tertiary/aromatic N) is 3. The van der Waals surface area contributed by atoms with E-state index in [0.29, 0.717) is 18.4 Å². The number of methoxy groups -OCH3 is 1. The van der Waals surface area contributed by atoms with Crippen LogP contribution in [0.1, 0.15) is 96.7 Å². The van der Waals surface area contributed by atoms with Gasteiger partial charge in [0, 0.05) is 50.2 Å². The summed E-state index contributed by atoms with van der Waals surface area (Å²) in [6.45, 7) is 4.09. The lowest BCUT2D eigenvalue weighted by Gasteiger charge is -2.35. The smallest absolute Gasteiger partial charge is 0.303 e. The Kier molecular flexibility index (Phi) is 9.76. The molecule has 3 aliphatic rings. The second-order valence-electron chi connectivity index (χ2n) is 15.1. The van der Waals surface area contributed by atoms with Gasteiger partial charge in [0.25, 0.3) is 5.91 Å². The topological polar surface area (TPSA) is 101 Å². The number of amides is 2. The van der Waals surface area contributed by atoms with Crippen LogP contribution < -0.4 is 9.46 Å². The minimum Gasteiger partial charge on any atom is -0.497 e. The molecule has 7 rings (SSSR count). The molecule has 0 spiro atoms. The third-order valence-corrected chi connectivity index (χ3v) is 12.9. The molecule has 1 N–H and O–H groups in total. The van der Waals surface area contributed by atoms with E-state index in [2.05, 4.69) is 57.5 Å². The molecule has 10 heteroatoms. The molecule has 1 aromatic heterocycles. The van der Waals surface area contributed by atoms with E-state index in [9.17, 15) is 18.0 Å². The van der Waals surface area contributed by atoms with E-state index in [1.54, 1.807) is 13.2 Å². The average Bonchev–Trinajstić information content (AvgIpc) is 3.87. The number of aromatic nitrogens is 1. The first-order chi connectivity index (χ1) is 24.5. The molecule has 3 aromatic carbocycles. The molecule has 1 saturated heterocycles. The van der Waals surface area contributed by atoms with Gasteiger partial charge < -0.3 is 14.2 Å². The standard InChI is InChI=1S/C41H50N4O5S/c1-28-10-12-29(13-11-28)30-20-24-44(25-21-30)40(47)41(22-23-41)27-45-36-26-33(39(46)42-51(48,49)43(2)3)16-19-35(36)37(31-8-6-5-7-9-31)38(45)32-14-17-34(50-4)18-15-32/h10-19,26,30-31H,5-9,20-25,27H2,1-4H3,(H,42,46). The summed E-state index contributed by atoms with van der Waals surface area (Å²) in [7, 11) is 0.456. The van der Waals surface area contributed by atoms with Crippen molar-refractivity contribution in [1.82, 2.24) is 18.5 Å². The second kappa shape index (κ2) is 14.1. The van der Waals surface area contributed by atoms with Crippen molar-refractivity contribution < 1.29 is 22.7 Å². The van der Waals surface area contributed by atoms with Crippen LogP contribution in [0, 0.1) is 12.3 Å². The van der Waals surface area contributed by atoms with Gasteiger partial charge in [-0.15, -0.1) is 0 Å². The fourth-order valence-electron chi connectivity index (χ4n) is 8.30. The predicted molar refractivity (Wildman–Crippen MR) is 201 cm³/mol. The Balaban J connectivity index is 1.28. The highest BCUT2D eigenvalue weighted by Crippen LogP contribution is 2.52. The molecular weight excluding hydrogens is 661 g/mol. The van der Waals surface area contributed by atoms with Gasteiger partial charge in [-0.3, -0.25) is 9.59 Å². The number of ether oxygens (including phenoxy) is 1. The number of benzene rings is 3. The molecule has 0 bridgehead atoms. The van der Waals surface area contributed by atoms with Crippen molar-refractivity contribution in [3.63, 3.8) is 0 Å². The third-order valence-electron chi connectivity index (χ3n) is 11.5. The summed E-state index contributed by atoms with van der Waals surface area (Å²) in [4.78, 5) is 30.0. The summed E-state index contributed by atoms with van der Waals surface area (Å²) in [6, 6.07) is 22.5. The van der Waals surface area contributed by atoms with Crippen LogP contribution >= 0.6 is 0 Å². The molecule has 51 heavy (non-hydrogen) atoms. The number of hydrogen-bond acceptors (Lipinski definition) is 5. The van der Waals surface area contributed by atoms with E-state index >= 15 is 0 Å². The van der Waals surface area contributed by atoms with Crippen molar-refractivity contribution in [2.75, 3.05) is 34.3 Å². The fourth-order valence-corrected chi connectivity index (χ4v) is 8.83. The Hall–Kier alpha value is -4.15. The molecule has 1 aliphatic heterocycles. The van der Waals surface area contributed by atoms with Crippen molar-refractivity contribution in [2.45, 2.75) is 83.1 Å². The zero-order chi connectivity index (χ0) is 35.9. The van der Waals surface area contributed by atoms with Gasteiger partial charge in [-0.05, 0) is 110 Å². The molecule has 4 aromatic rings. The number of carbonyl (C=O) groups is 2. The molecule has 9 nitrogen and oxygen atoms in total. The highest BCUT2D eigenvalue weighted by molar-refractivity contribution is 7.87. The van der Waals surface area contributed by atoms with Gasteiger partial charge in [-0.1, -0.05) is 55.2 Å². The summed E-state index contributed by atoms with van der Waals surface area (Å²) < 4.78 is 36.2. The summed E-state index contributed by atoms with van der Waals surface area (Å²) in [5.41, 5.74) is 6.57. The van der Waals surface area contributed by atoms with Crippen molar-refractivity contribution >= 4 is 32.9 Å². The maximum absolute atomic E-state index is 14.5. The summed E-state index contributed by atoms with van der Waals surface area (Å²) in [5, 5.41) is 1.06. The summed E-state index contributed by atoms with van der Waals surface area (Å²) >= 11 is 0. The van der Waals surface area contributed by atoms with Crippen LogP contribution in [-0.2, 0) is 21.5 Å². The Morgan fingerprint density at radius 3 is 2.16 bits per heavy atom. The van der Waals surface area contributed by atoms with Crippen molar-refractivity contribution in [2.24, 2.45) is 5.41 Å². The molecule has 0 atom stereocenters. The van der Waals surface area contributed by atoms with Crippen molar-refractivity contribution in [3.8, 4) is 17.0 Å². The maximum Gasteiger partial charge on any atom is 0.303 e. The number of rotatable bonds is 10. The second-order valence-corrected chi connectivity index (χ2v) is 17.0. The summed E-state index contributed by atoms with van der Waals surface area (Å²) in [6.07, 6.45) is 9.21. The predicted octanol–water partition coefficient (Wildman–Crippen LogP) is 7.40. The lowest BCUT2D eigenvalue weighted by molar-refractivity contribution is -0.138. The Morgan fingerprint density at radius 1 is 0.882 bits per heavy atom. The van der Waals surface area contributed by atoms with E-state index in [1.807, 2.05) is 24.3 Å². The van der Waals surface area contributed by atoms with Gasteiger partial charge in [0.05, 0.1) is 18.2 Å². The zero-order valence-electron chi connectivity index (χ0n) is 30.3. The van der Waals surface area contributed by atoms with Crippen LogP contribution in [0.2, 0.25) is 0 Å². The minimum absolute atomic E-state index is 0.220. The maximum atomic E-state index is 14.5. The largest absolute Gasteiger partial charge is 0.497 e. The zero-order valence-corrected chi connectivity index (χ0v) is 31.1. The van der Waals surface area contributed by atoms with Crippen LogP contribution in [0.25, 0.3) is 22.2 Å². The summed E-state index contributed by atoms with van der Waals surface area (Å²) in [5.74, 6) is 1.10. The van der Waals surface area contributed by atoms with E-state index in [4.69, 9.17) is 4.74 Å². The van der Waals surface area contributed by atoms with Crippen LogP contribution in [-0.4, -0.2) is 68.3 Å². The quantitative estimate of drug-likeness (QED) is 0.185. The molecule has 2 heterocycles. The van der Waals surface area contributed by atoms with Gasteiger partial charge in [0.1, 0.15) is 5.75 Å². The number of carbonyl (C=O) groups excluding carboxylic acids is 2. The number of fused-ring (bicyclic) bond motifs is 1. The highest BCUT2D eigenvalue weighted by atomic mass is 32.2. The number of piperidine rings is 1. The van der Waals surface area contributed by atoms with Crippen LogP contribution in [0.4, 0.5) is 0 Å². The number of likely N-dealkylation sites (tertiary alicyclic amines) is 1. The fraction of sp³-hybridized carbons (Fsp3) is 0.463. The number of aryl methyl sites for hydroxylation is 1. The van der Waals surface area contributed by atoms with Gasteiger partial charge in [-0.25, -0.2) is 4.72 Å². The Labute approximate surface area is 302 Å². The average molecular weight is 711 g/mol. The number of nitrogens with one attached hydrogen (secondary N) is 1. The van der Waals surface area contributed by atoms with Gasteiger partial charge in [0.2, 0.25) is 5.91 Å². The highest BCUT2D eigenvalue weighted by Gasteiger charge is 2.53. The van der Waals surface area contributed by atoms with Gasteiger partial charge >= 0.3 is 10.2 Å². The first-order valence-electron chi connectivity index (χ1n) is 18.4. The Bertz CT molecular complexity index is 2020. The molecule has 0 unspecified atom stereocenters. The molecule has 270 valence electrons. The third kappa shape index (κ3) is 7.05. The molecule has 3 fully saturated rings. The molecule has 0 radical (unpaired) electrons. The SMILES string of the molecule is COc1ccc(-c2c(C3CCCCC3)c3ccc(C(=O)NS(=O)(=O)N(C)C)cc3n2CC2(C(=O)N3CCC(c4ccc(C)cc4)CC3)CC2)cc1. The van der Waals surface area contributed by atoms with Gasteiger partial charge in [0.15, 0.2) is 0 Å². The van der Waals surface area contributed by atoms with Crippen LogP contribution in [0.3, 0.4) is 0 Å². The first kappa shape index (κ1) is 35.3. The molecule has 2 saturated carbocycles. The minimum atomic E-state index is -3.98. The molecule has 2 aliphatic carbocycles.